The average molecular weight is 284 g/mol. The first-order chi connectivity index (χ1) is 7.65. The zero-order chi connectivity index (χ0) is 11.5. The number of nitrogens with one attached hydrogen (secondary N) is 1. The van der Waals surface area contributed by atoms with Gasteiger partial charge in [0.15, 0.2) is 0 Å². The van der Waals surface area contributed by atoms with E-state index in [-0.39, 0.29) is 0 Å². The van der Waals surface area contributed by atoms with Crippen LogP contribution in [0, 0.1) is 12.8 Å². The van der Waals surface area contributed by atoms with Crippen molar-refractivity contribution in [1.82, 2.24) is 4.98 Å². The van der Waals surface area contributed by atoms with Crippen molar-refractivity contribution in [2.24, 2.45) is 11.7 Å². The molecule has 3 nitrogen and oxygen atoms in total. The van der Waals surface area contributed by atoms with Gasteiger partial charge in [-0.1, -0.05) is 0 Å². The van der Waals surface area contributed by atoms with E-state index in [4.69, 9.17) is 5.73 Å². The minimum atomic E-state index is 0.404. The summed E-state index contributed by atoms with van der Waals surface area (Å²) in [4.78, 5) is 4.37. The second-order valence-corrected chi connectivity index (χ2v) is 5.52. The smallest absolute Gasteiger partial charge is 0.140 e. The van der Waals surface area contributed by atoms with Gasteiger partial charge in [-0.05, 0) is 59.7 Å². The zero-order valence-electron chi connectivity index (χ0n) is 9.54. The van der Waals surface area contributed by atoms with Gasteiger partial charge in [0.05, 0.1) is 4.47 Å². The lowest BCUT2D eigenvalue weighted by Crippen LogP contribution is -2.18. The van der Waals surface area contributed by atoms with Crippen molar-refractivity contribution < 1.29 is 0 Å². The molecule has 0 bridgehead atoms. The largest absolute Gasteiger partial charge is 0.369 e. The molecule has 0 radical (unpaired) electrons. The lowest BCUT2D eigenvalue weighted by molar-refractivity contribution is 0.565. The summed E-state index contributed by atoms with van der Waals surface area (Å²) in [6.45, 7) is 3.01. The SMILES string of the molecule is Cc1cnc(NCC2CCC(N)C2)c(Br)c1. The fourth-order valence-corrected chi connectivity index (χ4v) is 2.81. The summed E-state index contributed by atoms with van der Waals surface area (Å²) in [6, 6.07) is 2.48. The molecule has 2 rings (SSSR count). The fraction of sp³-hybridized carbons (Fsp3) is 0.583. The fourth-order valence-electron chi connectivity index (χ4n) is 2.20. The molecule has 1 aromatic heterocycles. The van der Waals surface area contributed by atoms with Crippen LogP contribution in [0.2, 0.25) is 0 Å². The van der Waals surface area contributed by atoms with Gasteiger partial charge < -0.3 is 11.1 Å². The van der Waals surface area contributed by atoms with Crippen LogP contribution >= 0.6 is 15.9 Å². The molecule has 0 saturated heterocycles. The van der Waals surface area contributed by atoms with Crippen molar-refractivity contribution in [1.29, 1.82) is 0 Å². The van der Waals surface area contributed by atoms with Crippen LogP contribution in [0.15, 0.2) is 16.7 Å². The van der Waals surface area contributed by atoms with Crippen molar-refractivity contribution >= 4 is 21.7 Å². The number of rotatable bonds is 3. The Bertz CT molecular complexity index is 367. The molecule has 16 heavy (non-hydrogen) atoms. The standard InChI is InChI=1S/C12H18BrN3/c1-8-4-11(13)12(15-6-8)16-7-9-2-3-10(14)5-9/h4,6,9-10H,2-3,5,7,14H2,1H3,(H,15,16). The monoisotopic (exact) mass is 283 g/mol. The lowest BCUT2D eigenvalue weighted by atomic mass is 10.1. The van der Waals surface area contributed by atoms with Crippen LogP contribution in [0.5, 0.6) is 0 Å². The lowest BCUT2D eigenvalue weighted by Gasteiger charge is -2.12. The van der Waals surface area contributed by atoms with Gasteiger partial charge in [0.25, 0.3) is 0 Å². The van der Waals surface area contributed by atoms with E-state index >= 15 is 0 Å². The normalized spacial score (nSPS) is 24.7. The molecule has 1 heterocycles. The molecule has 0 aromatic carbocycles. The molecule has 1 saturated carbocycles. The Balaban J connectivity index is 1.89. The van der Waals surface area contributed by atoms with Gasteiger partial charge in [-0.3, -0.25) is 0 Å². The average Bonchev–Trinajstić information content (AvgIpc) is 2.63. The third-order valence-electron chi connectivity index (χ3n) is 3.12. The van der Waals surface area contributed by atoms with E-state index in [1.165, 1.54) is 12.0 Å². The van der Waals surface area contributed by atoms with E-state index in [0.29, 0.717) is 12.0 Å². The number of halogens is 1. The summed E-state index contributed by atoms with van der Waals surface area (Å²) in [5, 5.41) is 3.39. The number of nitrogens with two attached hydrogens (primary N) is 1. The quantitative estimate of drug-likeness (QED) is 0.897. The Morgan fingerprint density at radius 3 is 3.00 bits per heavy atom. The maximum absolute atomic E-state index is 5.89. The molecule has 4 heteroatoms. The molecule has 2 unspecified atom stereocenters. The molecular formula is C12H18BrN3. The van der Waals surface area contributed by atoms with Gasteiger partial charge >= 0.3 is 0 Å². The summed E-state index contributed by atoms with van der Waals surface area (Å²) >= 11 is 3.52. The van der Waals surface area contributed by atoms with Crippen LogP contribution in [-0.2, 0) is 0 Å². The molecule has 2 atom stereocenters. The Morgan fingerprint density at radius 1 is 1.56 bits per heavy atom. The Labute approximate surface area is 105 Å². The number of anilines is 1. The highest BCUT2D eigenvalue weighted by Gasteiger charge is 2.21. The Hall–Kier alpha value is -0.610. The first kappa shape index (κ1) is 11.9. The van der Waals surface area contributed by atoms with Crippen LogP contribution < -0.4 is 11.1 Å². The molecule has 1 aromatic rings. The van der Waals surface area contributed by atoms with Crippen LogP contribution in [0.25, 0.3) is 0 Å². The van der Waals surface area contributed by atoms with Crippen molar-refractivity contribution in [2.75, 3.05) is 11.9 Å². The number of aromatic nitrogens is 1. The highest BCUT2D eigenvalue weighted by molar-refractivity contribution is 9.10. The van der Waals surface area contributed by atoms with Crippen molar-refractivity contribution in [3.63, 3.8) is 0 Å². The molecule has 3 N–H and O–H groups in total. The van der Waals surface area contributed by atoms with E-state index in [2.05, 4.69) is 32.3 Å². The second-order valence-electron chi connectivity index (χ2n) is 4.66. The van der Waals surface area contributed by atoms with E-state index in [1.54, 1.807) is 0 Å². The van der Waals surface area contributed by atoms with Crippen molar-refractivity contribution in [3.05, 3.63) is 22.3 Å². The van der Waals surface area contributed by atoms with Gasteiger partial charge in [-0.2, -0.15) is 0 Å². The number of hydrogen-bond acceptors (Lipinski definition) is 3. The van der Waals surface area contributed by atoms with E-state index in [1.807, 2.05) is 13.1 Å². The summed E-state index contributed by atoms with van der Waals surface area (Å²) < 4.78 is 1.04. The van der Waals surface area contributed by atoms with Gasteiger partial charge in [0.1, 0.15) is 5.82 Å². The van der Waals surface area contributed by atoms with Gasteiger partial charge in [-0.25, -0.2) is 4.98 Å². The highest BCUT2D eigenvalue weighted by Crippen LogP contribution is 2.26. The summed E-state index contributed by atoms with van der Waals surface area (Å²) in [7, 11) is 0. The van der Waals surface area contributed by atoms with Crippen LogP contribution in [-0.4, -0.2) is 17.6 Å². The van der Waals surface area contributed by atoms with Gasteiger partial charge in [-0.15, -0.1) is 0 Å². The van der Waals surface area contributed by atoms with Crippen LogP contribution in [0.3, 0.4) is 0 Å². The van der Waals surface area contributed by atoms with E-state index < -0.39 is 0 Å². The summed E-state index contributed by atoms with van der Waals surface area (Å²) in [5.41, 5.74) is 7.06. The van der Waals surface area contributed by atoms with Gasteiger partial charge in [0, 0.05) is 18.8 Å². The molecule has 1 fully saturated rings. The molecule has 1 aliphatic rings. The number of hydrogen-bond donors (Lipinski definition) is 2. The zero-order valence-corrected chi connectivity index (χ0v) is 11.1. The predicted molar refractivity (Wildman–Crippen MR) is 70.5 cm³/mol. The molecule has 0 spiro atoms. The maximum Gasteiger partial charge on any atom is 0.140 e. The van der Waals surface area contributed by atoms with Crippen molar-refractivity contribution in [2.45, 2.75) is 32.2 Å². The minimum absolute atomic E-state index is 0.404. The first-order valence-corrected chi connectivity index (χ1v) is 6.56. The number of nitrogens with zero attached hydrogens (tertiary/aromatic N) is 1. The third kappa shape index (κ3) is 2.95. The summed E-state index contributed by atoms with van der Waals surface area (Å²) in [5.74, 6) is 1.64. The van der Waals surface area contributed by atoms with Gasteiger partial charge in [0.2, 0.25) is 0 Å². The maximum atomic E-state index is 5.89. The topological polar surface area (TPSA) is 50.9 Å². The molecule has 0 aliphatic heterocycles. The van der Waals surface area contributed by atoms with Crippen molar-refractivity contribution in [3.8, 4) is 0 Å². The minimum Gasteiger partial charge on any atom is -0.369 e. The van der Waals surface area contributed by atoms with Crippen LogP contribution in [0.1, 0.15) is 24.8 Å². The molecule has 88 valence electrons. The Kier molecular flexibility index (Phi) is 3.82. The predicted octanol–water partition coefficient (Wildman–Crippen LogP) is 2.69. The number of aryl methyl sites for hydroxylation is 1. The number of pyridine rings is 1. The first-order valence-electron chi connectivity index (χ1n) is 5.76. The van der Waals surface area contributed by atoms with E-state index in [9.17, 15) is 0 Å². The molecule has 1 aliphatic carbocycles. The molecular weight excluding hydrogens is 266 g/mol. The Morgan fingerprint density at radius 2 is 2.38 bits per heavy atom. The third-order valence-corrected chi connectivity index (χ3v) is 3.72. The van der Waals surface area contributed by atoms with Crippen LogP contribution in [0.4, 0.5) is 5.82 Å². The molecule has 0 amide bonds. The summed E-state index contributed by atoms with van der Waals surface area (Å²) in [6.07, 6.45) is 5.41. The highest BCUT2D eigenvalue weighted by atomic mass is 79.9. The second kappa shape index (κ2) is 5.15. The van der Waals surface area contributed by atoms with E-state index in [0.717, 1.165) is 29.7 Å².